The normalized spacial score (nSPS) is 13.6. The van der Waals surface area contributed by atoms with Crippen LogP contribution in [0.1, 0.15) is 28.8 Å². The van der Waals surface area contributed by atoms with Crippen molar-refractivity contribution in [2.24, 2.45) is 5.92 Å². The van der Waals surface area contributed by atoms with E-state index in [2.05, 4.69) is 20.2 Å². The van der Waals surface area contributed by atoms with E-state index in [4.69, 9.17) is 21.1 Å². The number of benzene rings is 2. The van der Waals surface area contributed by atoms with E-state index >= 15 is 0 Å². The first kappa shape index (κ1) is 27.2. The second kappa shape index (κ2) is 12.6. The van der Waals surface area contributed by atoms with Gasteiger partial charge in [0.05, 0.1) is 31.5 Å². The zero-order valence-electron chi connectivity index (χ0n) is 21.8. The first-order valence-corrected chi connectivity index (χ1v) is 12.8. The maximum atomic E-state index is 13.0. The number of amides is 1. The highest BCUT2D eigenvalue weighted by molar-refractivity contribution is 6.37. The van der Waals surface area contributed by atoms with Crippen LogP contribution >= 0.6 is 11.6 Å². The number of ketones is 1. The summed E-state index contributed by atoms with van der Waals surface area (Å²) in [5.74, 6) is 1.74. The number of likely N-dealkylation sites (tertiary alicyclic amines) is 1. The molecule has 2 aromatic carbocycles. The molecule has 38 heavy (non-hydrogen) atoms. The van der Waals surface area contributed by atoms with Crippen molar-refractivity contribution in [2.45, 2.75) is 12.8 Å². The molecule has 10 heteroatoms. The fourth-order valence-corrected chi connectivity index (χ4v) is 4.79. The largest absolute Gasteiger partial charge is 0.497 e. The van der Waals surface area contributed by atoms with Gasteiger partial charge in [-0.15, -0.1) is 0 Å². The molecule has 0 saturated carbocycles. The molecular weight excluding hydrogens is 506 g/mol. The summed E-state index contributed by atoms with van der Waals surface area (Å²) >= 11 is 6.56. The van der Waals surface area contributed by atoms with Crippen LogP contribution in [0.3, 0.4) is 0 Å². The highest BCUT2D eigenvalue weighted by Gasteiger charge is 2.24. The van der Waals surface area contributed by atoms with Crippen molar-refractivity contribution in [3.63, 3.8) is 0 Å². The third kappa shape index (κ3) is 6.52. The van der Waals surface area contributed by atoms with Gasteiger partial charge in [-0.1, -0.05) is 17.7 Å². The lowest BCUT2D eigenvalue weighted by molar-refractivity contribution is -0.130. The quantitative estimate of drug-likeness (QED) is 0.385. The number of methoxy groups -OCH3 is 2. The van der Waals surface area contributed by atoms with Crippen LogP contribution in [0.25, 0.3) is 0 Å². The molecule has 4 rings (SSSR count). The Morgan fingerprint density at radius 3 is 2.50 bits per heavy atom. The zero-order valence-corrected chi connectivity index (χ0v) is 22.6. The standard InChI is InChI=1S/C28H32ClN5O4/c1-33(24-11-14-30-28(32-24)38-3)18-19-12-15-34(16-13-19)25(35)17-31-23-6-4-5-22(26(23)29)27(36)20-7-9-21(37-2)10-8-20/h4-11,14,19,31H,12-13,15-18H2,1-3H3. The highest BCUT2D eigenvalue weighted by Crippen LogP contribution is 2.28. The van der Waals surface area contributed by atoms with Crippen molar-refractivity contribution in [2.75, 3.05) is 57.7 Å². The fourth-order valence-electron chi connectivity index (χ4n) is 4.51. The number of halogens is 1. The van der Waals surface area contributed by atoms with Crippen LogP contribution in [0.5, 0.6) is 11.8 Å². The fraction of sp³-hybridized carbons (Fsp3) is 0.357. The van der Waals surface area contributed by atoms with Crippen molar-refractivity contribution in [3.8, 4) is 11.8 Å². The molecule has 1 fully saturated rings. The number of aromatic nitrogens is 2. The highest BCUT2D eigenvalue weighted by atomic mass is 35.5. The molecule has 1 N–H and O–H groups in total. The number of ether oxygens (including phenoxy) is 2. The van der Waals surface area contributed by atoms with E-state index in [-0.39, 0.29) is 18.2 Å². The number of nitrogens with one attached hydrogen (secondary N) is 1. The molecule has 1 aromatic heterocycles. The molecule has 200 valence electrons. The van der Waals surface area contributed by atoms with Gasteiger partial charge in [0.2, 0.25) is 5.91 Å². The van der Waals surface area contributed by atoms with Crippen molar-refractivity contribution in [1.29, 1.82) is 0 Å². The molecule has 0 bridgehead atoms. The Morgan fingerprint density at radius 1 is 1.08 bits per heavy atom. The minimum atomic E-state index is -0.194. The number of piperidine rings is 1. The second-order valence-corrected chi connectivity index (χ2v) is 9.56. The lowest BCUT2D eigenvalue weighted by Crippen LogP contribution is -2.43. The molecule has 1 aliphatic rings. The molecule has 1 amide bonds. The van der Waals surface area contributed by atoms with Gasteiger partial charge in [0.25, 0.3) is 0 Å². The van der Waals surface area contributed by atoms with Crippen molar-refractivity contribution >= 4 is 34.8 Å². The monoisotopic (exact) mass is 537 g/mol. The van der Waals surface area contributed by atoms with Crippen LogP contribution in [-0.2, 0) is 4.79 Å². The van der Waals surface area contributed by atoms with Crippen LogP contribution in [0.15, 0.2) is 54.7 Å². The predicted molar refractivity (Wildman–Crippen MR) is 148 cm³/mol. The zero-order chi connectivity index (χ0) is 27.1. The van der Waals surface area contributed by atoms with Crippen LogP contribution in [0, 0.1) is 5.92 Å². The van der Waals surface area contributed by atoms with Gasteiger partial charge in [-0.3, -0.25) is 9.59 Å². The summed E-state index contributed by atoms with van der Waals surface area (Å²) in [5, 5.41) is 3.42. The summed E-state index contributed by atoms with van der Waals surface area (Å²) in [6.07, 6.45) is 3.50. The Labute approximate surface area is 227 Å². The van der Waals surface area contributed by atoms with Crippen LogP contribution in [0.2, 0.25) is 5.02 Å². The molecule has 3 aromatic rings. The van der Waals surface area contributed by atoms with E-state index in [1.807, 2.05) is 18.0 Å². The van der Waals surface area contributed by atoms with Gasteiger partial charge >= 0.3 is 6.01 Å². The van der Waals surface area contributed by atoms with Gasteiger partial charge < -0.3 is 24.6 Å². The van der Waals surface area contributed by atoms with Gasteiger partial charge in [0, 0.05) is 44.0 Å². The van der Waals surface area contributed by atoms with Crippen LogP contribution in [-0.4, -0.2) is 74.0 Å². The van der Waals surface area contributed by atoms with Crippen LogP contribution in [0.4, 0.5) is 11.5 Å². The first-order valence-electron chi connectivity index (χ1n) is 12.5. The van der Waals surface area contributed by atoms with E-state index in [1.165, 1.54) is 0 Å². The SMILES string of the molecule is COc1ccc(C(=O)c2cccc(NCC(=O)N3CCC(CN(C)c4ccnc(OC)n4)CC3)c2Cl)cc1. The number of carbonyl (C=O) groups excluding carboxylic acids is 2. The maximum absolute atomic E-state index is 13.0. The average Bonchev–Trinajstić information content (AvgIpc) is 2.96. The summed E-state index contributed by atoms with van der Waals surface area (Å²) in [4.78, 5) is 38.3. The van der Waals surface area contributed by atoms with Gasteiger partial charge in [0.15, 0.2) is 5.78 Å². The second-order valence-electron chi connectivity index (χ2n) is 9.18. The number of carbonyl (C=O) groups is 2. The molecule has 0 spiro atoms. The lowest BCUT2D eigenvalue weighted by atomic mass is 9.96. The smallest absolute Gasteiger partial charge is 0.318 e. The molecule has 2 heterocycles. The molecule has 0 atom stereocenters. The number of anilines is 2. The Hall–Kier alpha value is -3.85. The Morgan fingerprint density at radius 2 is 1.82 bits per heavy atom. The summed E-state index contributed by atoms with van der Waals surface area (Å²) < 4.78 is 10.3. The van der Waals surface area contributed by atoms with Gasteiger partial charge in [-0.2, -0.15) is 4.98 Å². The van der Waals surface area contributed by atoms with Gasteiger partial charge in [-0.05, 0) is 61.2 Å². The van der Waals surface area contributed by atoms with E-state index in [1.54, 1.807) is 62.9 Å². The average molecular weight is 538 g/mol. The predicted octanol–water partition coefficient (Wildman–Crippen LogP) is 4.17. The lowest BCUT2D eigenvalue weighted by Gasteiger charge is -2.34. The summed E-state index contributed by atoms with van der Waals surface area (Å²) in [6, 6.07) is 14.3. The summed E-state index contributed by atoms with van der Waals surface area (Å²) in [6.45, 7) is 2.32. The molecule has 1 saturated heterocycles. The first-order chi connectivity index (χ1) is 18.4. The summed E-state index contributed by atoms with van der Waals surface area (Å²) in [5.41, 5.74) is 1.44. The number of hydrogen-bond donors (Lipinski definition) is 1. The molecule has 0 radical (unpaired) electrons. The van der Waals surface area contributed by atoms with E-state index < -0.39 is 0 Å². The maximum Gasteiger partial charge on any atom is 0.318 e. The molecular formula is C28H32ClN5O4. The summed E-state index contributed by atoms with van der Waals surface area (Å²) in [7, 11) is 5.12. The van der Waals surface area contributed by atoms with Crippen molar-refractivity contribution in [1.82, 2.24) is 14.9 Å². The van der Waals surface area contributed by atoms with E-state index in [0.717, 1.165) is 25.2 Å². The molecule has 0 unspecified atom stereocenters. The molecule has 0 aliphatic carbocycles. The van der Waals surface area contributed by atoms with Crippen molar-refractivity contribution < 1.29 is 19.1 Å². The number of nitrogens with zero attached hydrogens (tertiary/aromatic N) is 4. The minimum Gasteiger partial charge on any atom is -0.497 e. The van der Waals surface area contributed by atoms with Crippen molar-refractivity contribution in [3.05, 3.63) is 70.9 Å². The Balaban J connectivity index is 1.29. The Kier molecular flexibility index (Phi) is 9.02. The number of hydrogen-bond acceptors (Lipinski definition) is 8. The van der Waals surface area contributed by atoms with Crippen LogP contribution < -0.4 is 19.7 Å². The van der Waals surface area contributed by atoms with E-state index in [0.29, 0.717) is 52.6 Å². The third-order valence-corrected chi connectivity index (χ3v) is 7.12. The van der Waals surface area contributed by atoms with Gasteiger partial charge in [0.1, 0.15) is 11.6 Å². The minimum absolute atomic E-state index is 0.000270. The van der Waals surface area contributed by atoms with E-state index in [9.17, 15) is 9.59 Å². The Bertz CT molecular complexity index is 1260. The third-order valence-electron chi connectivity index (χ3n) is 6.72. The number of rotatable bonds is 10. The topological polar surface area (TPSA) is 96.9 Å². The van der Waals surface area contributed by atoms with Gasteiger partial charge in [-0.25, -0.2) is 4.98 Å². The molecule has 1 aliphatic heterocycles. The molecule has 9 nitrogen and oxygen atoms in total.